The van der Waals surface area contributed by atoms with Crippen LogP contribution in [0.3, 0.4) is 0 Å². The Labute approximate surface area is 183 Å². The van der Waals surface area contributed by atoms with Gasteiger partial charge in [0.15, 0.2) is 0 Å². The third-order valence-corrected chi connectivity index (χ3v) is 6.33. The first-order chi connectivity index (χ1) is 14.5. The number of carbonyl (C=O) groups is 1. The first-order valence-electron chi connectivity index (χ1n) is 11.2. The molecule has 1 fully saturated rings. The van der Waals surface area contributed by atoms with E-state index >= 15 is 0 Å². The highest BCUT2D eigenvalue weighted by atomic mass is 35.5. The van der Waals surface area contributed by atoms with Crippen LogP contribution in [0.2, 0.25) is 5.02 Å². The van der Waals surface area contributed by atoms with Crippen LogP contribution in [-0.4, -0.2) is 51.4 Å². The predicted molar refractivity (Wildman–Crippen MR) is 122 cm³/mol. The maximum atomic E-state index is 13.0. The van der Waals surface area contributed by atoms with Crippen LogP contribution in [0.4, 0.5) is 0 Å². The molecular weight excluding hydrogens is 400 g/mol. The average Bonchev–Trinajstić information content (AvgIpc) is 2.76. The summed E-state index contributed by atoms with van der Waals surface area (Å²) in [4.78, 5) is 34.6. The Morgan fingerprint density at radius 1 is 1.13 bits per heavy atom. The van der Waals surface area contributed by atoms with Crippen LogP contribution in [0.1, 0.15) is 64.7 Å². The van der Waals surface area contributed by atoms with Gasteiger partial charge in [0.05, 0.1) is 16.9 Å². The fourth-order valence-corrected chi connectivity index (χ4v) is 4.39. The second kappa shape index (κ2) is 10.4. The first kappa shape index (κ1) is 22.8. The Balaban J connectivity index is 1.70. The third kappa shape index (κ3) is 5.03. The Hall–Kier alpha value is -1.92. The zero-order valence-electron chi connectivity index (χ0n) is 18.4. The molecule has 1 aliphatic heterocycles. The summed E-state index contributed by atoms with van der Waals surface area (Å²) >= 11 is 6.08. The predicted octanol–water partition coefficient (Wildman–Crippen LogP) is 4.25. The molecule has 0 saturated carbocycles. The molecule has 6 nitrogen and oxygen atoms in total. The van der Waals surface area contributed by atoms with Gasteiger partial charge in [-0.1, -0.05) is 37.8 Å². The summed E-state index contributed by atoms with van der Waals surface area (Å²) in [6, 6.07) is 5.27. The highest BCUT2D eigenvalue weighted by Gasteiger charge is 2.27. The topological polar surface area (TPSA) is 58.4 Å². The van der Waals surface area contributed by atoms with Gasteiger partial charge in [0.25, 0.3) is 5.56 Å². The van der Waals surface area contributed by atoms with Crippen molar-refractivity contribution in [2.75, 3.05) is 26.2 Å². The van der Waals surface area contributed by atoms with Crippen LogP contribution >= 0.6 is 11.6 Å². The van der Waals surface area contributed by atoms with E-state index in [-0.39, 0.29) is 17.5 Å². The minimum Gasteiger partial charge on any atom is -0.340 e. The summed E-state index contributed by atoms with van der Waals surface area (Å²) in [5, 5.41) is 1.10. The molecule has 1 saturated heterocycles. The fourth-order valence-electron chi connectivity index (χ4n) is 4.22. The van der Waals surface area contributed by atoms with Gasteiger partial charge in [-0.15, -0.1) is 0 Å². The second-order valence-electron chi connectivity index (χ2n) is 8.08. The van der Waals surface area contributed by atoms with Gasteiger partial charge in [0, 0.05) is 44.2 Å². The Morgan fingerprint density at radius 3 is 2.53 bits per heavy atom. The molecule has 0 spiro atoms. The number of unbranched alkanes of at least 4 members (excludes halogenated alkanes) is 3. The number of halogens is 1. The standard InChI is InChI=1S/C23H33ClN4O2/c1-4-6-7-8-9-21(29)27-14-12-26(13-15-27)17(3)22-25-20-11-10-18(24)16-19(20)23(30)28(22)5-2/h10-11,16-17H,4-9,12-15H2,1-3H3. The molecule has 1 amide bonds. The van der Waals surface area contributed by atoms with E-state index in [0.717, 1.165) is 44.8 Å². The number of benzene rings is 1. The lowest BCUT2D eigenvalue weighted by Crippen LogP contribution is -2.50. The zero-order valence-corrected chi connectivity index (χ0v) is 19.1. The van der Waals surface area contributed by atoms with Crippen LogP contribution in [-0.2, 0) is 11.3 Å². The molecular formula is C23H33ClN4O2. The van der Waals surface area contributed by atoms with Crippen molar-refractivity contribution in [2.24, 2.45) is 0 Å². The third-order valence-electron chi connectivity index (χ3n) is 6.09. The van der Waals surface area contributed by atoms with Crippen molar-refractivity contribution in [3.05, 3.63) is 39.4 Å². The molecule has 30 heavy (non-hydrogen) atoms. The fraction of sp³-hybridized carbons (Fsp3) is 0.609. The van der Waals surface area contributed by atoms with E-state index in [1.165, 1.54) is 12.8 Å². The van der Waals surface area contributed by atoms with Gasteiger partial charge in [-0.25, -0.2) is 4.98 Å². The highest BCUT2D eigenvalue weighted by Crippen LogP contribution is 2.23. The van der Waals surface area contributed by atoms with E-state index < -0.39 is 0 Å². The van der Waals surface area contributed by atoms with Gasteiger partial charge in [0.1, 0.15) is 5.82 Å². The van der Waals surface area contributed by atoms with Gasteiger partial charge in [-0.3, -0.25) is 19.1 Å². The van der Waals surface area contributed by atoms with Crippen molar-refractivity contribution in [3.8, 4) is 0 Å². The number of hydrogen-bond donors (Lipinski definition) is 0. The summed E-state index contributed by atoms with van der Waals surface area (Å²) in [6.07, 6.45) is 5.15. The highest BCUT2D eigenvalue weighted by molar-refractivity contribution is 6.31. The molecule has 0 aliphatic carbocycles. The van der Waals surface area contributed by atoms with E-state index in [1.54, 1.807) is 16.7 Å². The Morgan fingerprint density at radius 2 is 1.87 bits per heavy atom. The number of piperazine rings is 1. The zero-order chi connectivity index (χ0) is 21.7. The van der Waals surface area contributed by atoms with Gasteiger partial charge >= 0.3 is 0 Å². The van der Waals surface area contributed by atoms with Gasteiger partial charge in [-0.05, 0) is 38.5 Å². The molecule has 7 heteroatoms. The number of nitrogens with zero attached hydrogens (tertiary/aromatic N) is 4. The maximum Gasteiger partial charge on any atom is 0.261 e. The summed E-state index contributed by atoms with van der Waals surface area (Å²) in [5.41, 5.74) is 0.629. The quantitative estimate of drug-likeness (QED) is 0.585. The number of amides is 1. The number of hydrogen-bond acceptors (Lipinski definition) is 4. The molecule has 1 aromatic carbocycles. The largest absolute Gasteiger partial charge is 0.340 e. The van der Waals surface area contributed by atoms with E-state index in [9.17, 15) is 9.59 Å². The van der Waals surface area contributed by atoms with Crippen molar-refractivity contribution in [1.82, 2.24) is 19.4 Å². The Kier molecular flexibility index (Phi) is 7.89. The first-order valence-corrected chi connectivity index (χ1v) is 11.6. The van der Waals surface area contributed by atoms with Crippen molar-refractivity contribution in [2.45, 2.75) is 65.5 Å². The molecule has 1 aromatic heterocycles. The van der Waals surface area contributed by atoms with Gasteiger partial charge in [0.2, 0.25) is 5.91 Å². The van der Waals surface area contributed by atoms with Crippen LogP contribution in [0, 0.1) is 0 Å². The maximum absolute atomic E-state index is 13.0. The van der Waals surface area contributed by atoms with Crippen molar-refractivity contribution < 1.29 is 4.79 Å². The number of rotatable bonds is 8. The number of fused-ring (bicyclic) bond motifs is 1. The SMILES string of the molecule is CCCCCCC(=O)N1CCN(C(C)c2nc3ccc(Cl)cc3c(=O)n2CC)CC1. The Bertz CT molecular complexity index is 935. The van der Waals surface area contributed by atoms with E-state index in [4.69, 9.17) is 16.6 Å². The second-order valence-corrected chi connectivity index (χ2v) is 8.52. The van der Waals surface area contributed by atoms with Crippen LogP contribution < -0.4 is 5.56 Å². The molecule has 0 bridgehead atoms. The number of carbonyl (C=O) groups excluding carboxylic acids is 1. The lowest BCUT2D eigenvalue weighted by atomic mass is 10.1. The average molecular weight is 433 g/mol. The van der Waals surface area contributed by atoms with Crippen molar-refractivity contribution >= 4 is 28.4 Å². The van der Waals surface area contributed by atoms with E-state index in [1.807, 2.05) is 17.9 Å². The van der Waals surface area contributed by atoms with Crippen molar-refractivity contribution in [1.29, 1.82) is 0 Å². The molecule has 1 unspecified atom stereocenters. The number of aromatic nitrogens is 2. The van der Waals surface area contributed by atoms with Gasteiger partial charge in [-0.2, -0.15) is 0 Å². The van der Waals surface area contributed by atoms with Crippen LogP contribution in [0.5, 0.6) is 0 Å². The lowest BCUT2D eigenvalue weighted by Gasteiger charge is -2.38. The van der Waals surface area contributed by atoms with E-state index in [0.29, 0.717) is 28.9 Å². The van der Waals surface area contributed by atoms with Crippen LogP contribution in [0.25, 0.3) is 10.9 Å². The summed E-state index contributed by atoms with van der Waals surface area (Å²) < 4.78 is 1.74. The molecule has 0 radical (unpaired) electrons. The minimum atomic E-state index is -0.0484. The van der Waals surface area contributed by atoms with Crippen molar-refractivity contribution in [3.63, 3.8) is 0 Å². The molecule has 3 rings (SSSR count). The summed E-state index contributed by atoms with van der Waals surface area (Å²) in [7, 11) is 0. The molecule has 1 atom stereocenters. The van der Waals surface area contributed by atoms with Gasteiger partial charge < -0.3 is 4.90 Å². The summed E-state index contributed by atoms with van der Waals surface area (Å²) in [5.74, 6) is 1.04. The molecule has 1 aliphatic rings. The lowest BCUT2D eigenvalue weighted by molar-refractivity contribution is -0.133. The summed E-state index contributed by atoms with van der Waals surface area (Å²) in [6.45, 7) is 9.85. The minimum absolute atomic E-state index is 0.000431. The van der Waals surface area contributed by atoms with Crippen LogP contribution in [0.15, 0.2) is 23.0 Å². The molecule has 0 N–H and O–H groups in total. The smallest absolute Gasteiger partial charge is 0.261 e. The molecule has 164 valence electrons. The molecule has 2 aromatic rings. The van der Waals surface area contributed by atoms with E-state index in [2.05, 4.69) is 18.7 Å². The monoisotopic (exact) mass is 432 g/mol. The molecule has 2 heterocycles. The normalized spacial score (nSPS) is 16.2.